The molecule has 0 fully saturated rings. The number of aryl methyl sites for hydroxylation is 2. The van der Waals surface area contributed by atoms with Crippen molar-refractivity contribution in [2.75, 3.05) is 0 Å². The third-order valence-corrected chi connectivity index (χ3v) is 4.05. The zero-order chi connectivity index (χ0) is 13.7. The number of aliphatic hydroxyl groups excluding tert-OH is 1. The molecule has 1 aromatic heterocycles. The van der Waals surface area contributed by atoms with Crippen LogP contribution in [0.1, 0.15) is 74.7 Å². The summed E-state index contributed by atoms with van der Waals surface area (Å²) in [6.45, 7) is 10.4. The molecule has 2 atom stereocenters. The van der Waals surface area contributed by atoms with Gasteiger partial charge in [-0.2, -0.15) is 0 Å². The summed E-state index contributed by atoms with van der Waals surface area (Å²) in [5, 5.41) is 10.4. The minimum Gasteiger partial charge on any atom is -0.466 e. The Hall–Kier alpha value is -0.760. The maximum absolute atomic E-state index is 10.4. The van der Waals surface area contributed by atoms with Gasteiger partial charge in [0.25, 0.3) is 0 Å². The van der Waals surface area contributed by atoms with Crippen LogP contribution in [0.4, 0.5) is 0 Å². The molecule has 0 amide bonds. The first-order chi connectivity index (χ1) is 8.51. The Labute approximate surface area is 111 Å². The van der Waals surface area contributed by atoms with Gasteiger partial charge < -0.3 is 9.52 Å². The smallest absolute Gasteiger partial charge is 0.107 e. The van der Waals surface area contributed by atoms with Gasteiger partial charge in [-0.3, -0.25) is 0 Å². The highest BCUT2D eigenvalue weighted by molar-refractivity contribution is 5.33. The van der Waals surface area contributed by atoms with Crippen molar-refractivity contribution in [1.29, 1.82) is 0 Å². The Morgan fingerprint density at radius 3 is 2.22 bits per heavy atom. The zero-order valence-corrected chi connectivity index (χ0v) is 12.5. The van der Waals surface area contributed by atoms with Crippen molar-refractivity contribution in [3.8, 4) is 0 Å². The highest BCUT2D eigenvalue weighted by atomic mass is 16.3. The zero-order valence-electron chi connectivity index (χ0n) is 12.5. The molecule has 0 aliphatic rings. The maximum atomic E-state index is 10.4. The summed E-state index contributed by atoms with van der Waals surface area (Å²) in [7, 11) is 0. The lowest BCUT2D eigenvalue weighted by atomic mass is 9.89. The molecule has 104 valence electrons. The van der Waals surface area contributed by atoms with Crippen molar-refractivity contribution >= 4 is 0 Å². The molecule has 0 saturated carbocycles. The topological polar surface area (TPSA) is 33.4 Å². The first-order valence-corrected chi connectivity index (χ1v) is 7.25. The molecule has 0 aromatic carbocycles. The normalized spacial score (nSPS) is 14.8. The number of unbranched alkanes of at least 4 members (excludes halogenated alkanes) is 1. The van der Waals surface area contributed by atoms with Crippen molar-refractivity contribution in [2.45, 2.75) is 72.8 Å². The Balaban J connectivity index is 2.71. The maximum Gasteiger partial charge on any atom is 0.107 e. The van der Waals surface area contributed by atoms with Gasteiger partial charge in [-0.15, -0.1) is 0 Å². The molecule has 0 radical (unpaired) electrons. The number of furan rings is 1. The van der Waals surface area contributed by atoms with Gasteiger partial charge in [-0.05, 0) is 38.7 Å². The number of aliphatic hydroxyl groups is 1. The summed E-state index contributed by atoms with van der Waals surface area (Å²) in [6, 6.07) is 0. The van der Waals surface area contributed by atoms with Crippen LogP contribution in [-0.2, 0) is 0 Å². The minimum atomic E-state index is -0.371. The van der Waals surface area contributed by atoms with Crippen LogP contribution >= 0.6 is 0 Å². The highest BCUT2D eigenvalue weighted by Gasteiger charge is 2.21. The monoisotopic (exact) mass is 252 g/mol. The van der Waals surface area contributed by atoms with Gasteiger partial charge in [0.2, 0.25) is 0 Å². The van der Waals surface area contributed by atoms with Crippen molar-refractivity contribution in [3.05, 3.63) is 22.6 Å². The van der Waals surface area contributed by atoms with Crippen LogP contribution in [0.3, 0.4) is 0 Å². The average Bonchev–Trinajstić information content (AvgIpc) is 2.58. The van der Waals surface area contributed by atoms with Crippen molar-refractivity contribution < 1.29 is 9.52 Å². The van der Waals surface area contributed by atoms with E-state index in [2.05, 4.69) is 13.8 Å². The van der Waals surface area contributed by atoms with E-state index in [1.165, 1.54) is 19.3 Å². The van der Waals surface area contributed by atoms with Gasteiger partial charge in [-0.25, -0.2) is 0 Å². The lowest BCUT2D eigenvalue weighted by molar-refractivity contribution is 0.137. The van der Waals surface area contributed by atoms with Gasteiger partial charge in [-0.1, -0.05) is 39.5 Å². The minimum absolute atomic E-state index is 0.371. The van der Waals surface area contributed by atoms with Crippen LogP contribution < -0.4 is 0 Å². The SMILES string of the molecule is CCCCC(CC)CC(O)c1c(C)oc(C)c1C. The van der Waals surface area contributed by atoms with Crippen LogP contribution in [0.15, 0.2) is 4.42 Å². The van der Waals surface area contributed by atoms with Gasteiger partial charge in [0.15, 0.2) is 0 Å². The number of rotatable bonds is 7. The second-order valence-corrected chi connectivity index (χ2v) is 5.42. The van der Waals surface area contributed by atoms with Gasteiger partial charge in [0.1, 0.15) is 11.5 Å². The van der Waals surface area contributed by atoms with Gasteiger partial charge >= 0.3 is 0 Å². The van der Waals surface area contributed by atoms with E-state index in [1.807, 2.05) is 20.8 Å². The van der Waals surface area contributed by atoms with Crippen LogP contribution in [0, 0.1) is 26.7 Å². The molecule has 2 unspecified atom stereocenters. The number of hydrogen-bond acceptors (Lipinski definition) is 2. The molecule has 1 heterocycles. The Morgan fingerprint density at radius 2 is 1.78 bits per heavy atom. The molecule has 0 saturated heterocycles. The molecule has 0 spiro atoms. The van der Waals surface area contributed by atoms with E-state index in [0.717, 1.165) is 35.5 Å². The second kappa shape index (κ2) is 6.98. The van der Waals surface area contributed by atoms with Crippen LogP contribution in [0.2, 0.25) is 0 Å². The Kier molecular flexibility index (Phi) is 5.94. The van der Waals surface area contributed by atoms with E-state index in [4.69, 9.17) is 4.42 Å². The van der Waals surface area contributed by atoms with Crippen LogP contribution in [0.5, 0.6) is 0 Å². The molecular weight excluding hydrogens is 224 g/mol. The second-order valence-electron chi connectivity index (χ2n) is 5.42. The predicted molar refractivity (Wildman–Crippen MR) is 75.8 cm³/mol. The van der Waals surface area contributed by atoms with Gasteiger partial charge in [0, 0.05) is 5.56 Å². The highest BCUT2D eigenvalue weighted by Crippen LogP contribution is 2.32. The fourth-order valence-corrected chi connectivity index (χ4v) is 2.71. The quantitative estimate of drug-likeness (QED) is 0.753. The van der Waals surface area contributed by atoms with Crippen molar-refractivity contribution in [2.24, 2.45) is 5.92 Å². The van der Waals surface area contributed by atoms with Crippen LogP contribution in [-0.4, -0.2) is 5.11 Å². The molecule has 1 N–H and O–H groups in total. The third-order valence-electron chi connectivity index (χ3n) is 4.05. The predicted octanol–water partition coefficient (Wildman–Crippen LogP) is 4.84. The number of hydrogen-bond donors (Lipinski definition) is 1. The van der Waals surface area contributed by atoms with E-state index in [9.17, 15) is 5.11 Å². The lowest BCUT2D eigenvalue weighted by Gasteiger charge is -2.19. The average molecular weight is 252 g/mol. The van der Waals surface area contributed by atoms with E-state index in [0.29, 0.717) is 5.92 Å². The van der Waals surface area contributed by atoms with Crippen LogP contribution in [0.25, 0.3) is 0 Å². The lowest BCUT2D eigenvalue weighted by Crippen LogP contribution is -2.08. The summed E-state index contributed by atoms with van der Waals surface area (Å²) in [6.07, 6.45) is 5.34. The Bertz CT molecular complexity index is 365. The summed E-state index contributed by atoms with van der Waals surface area (Å²) >= 11 is 0. The van der Waals surface area contributed by atoms with Crippen molar-refractivity contribution in [3.63, 3.8) is 0 Å². The van der Waals surface area contributed by atoms with E-state index >= 15 is 0 Å². The standard InChI is InChI=1S/C16H28O2/c1-6-8-9-14(7-2)10-15(17)16-11(3)12(4)18-13(16)5/h14-15,17H,6-10H2,1-5H3. The Morgan fingerprint density at radius 1 is 1.11 bits per heavy atom. The molecule has 1 rings (SSSR count). The molecule has 2 heteroatoms. The third kappa shape index (κ3) is 3.61. The first-order valence-electron chi connectivity index (χ1n) is 7.25. The van der Waals surface area contributed by atoms with E-state index < -0.39 is 0 Å². The van der Waals surface area contributed by atoms with Gasteiger partial charge in [0.05, 0.1) is 6.10 Å². The summed E-state index contributed by atoms with van der Waals surface area (Å²) in [5.74, 6) is 2.43. The van der Waals surface area contributed by atoms with Crippen molar-refractivity contribution in [1.82, 2.24) is 0 Å². The molecule has 0 aliphatic carbocycles. The summed E-state index contributed by atoms with van der Waals surface area (Å²) in [5.41, 5.74) is 2.13. The fraction of sp³-hybridized carbons (Fsp3) is 0.750. The summed E-state index contributed by atoms with van der Waals surface area (Å²) < 4.78 is 5.60. The molecule has 2 nitrogen and oxygen atoms in total. The molecule has 1 aromatic rings. The first kappa shape index (κ1) is 15.3. The molecular formula is C16H28O2. The molecule has 0 bridgehead atoms. The van der Waals surface area contributed by atoms with E-state index in [1.54, 1.807) is 0 Å². The fourth-order valence-electron chi connectivity index (χ4n) is 2.71. The molecule has 0 aliphatic heterocycles. The van der Waals surface area contributed by atoms with E-state index in [-0.39, 0.29) is 6.10 Å². The largest absolute Gasteiger partial charge is 0.466 e. The summed E-state index contributed by atoms with van der Waals surface area (Å²) in [4.78, 5) is 0. The molecule has 18 heavy (non-hydrogen) atoms.